The van der Waals surface area contributed by atoms with Gasteiger partial charge >= 0.3 is 0 Å². The van der Waals surface area contributed by atoms with Crippen LogP contribution in [0.1, 0.15) is 21.5 Å². The van der Waals surface area contributed by atoms with E-state index in [-0.39, 0.29) is 11.8 Å². The summed E-state index contributed by atoms with van der Waals surface area (Å²) >= 11 is 0. The molecule has 0 aliphatic carbocycles. The number of amides is 2. The van der Waals surface area contributed by atoms with Crippen LogP contribution in [0.3, 0.4) is 0 Å². The lowest BCUT2D eigenvalue weighted by atomic mass is 10.1. The van der Waals surface area contributed by atoms with Crippen molar-refractivity contribution in [3.63, 3.8) is 0 Å². The molecule has 1 heterocycles. The number of nitrogens with zero attached hydrogens (tertiary/aromatic N) is 1. The van der Waals surface area contributed by atoms with Gasteiger partial charge in [0.1, 0.15) is 0 Å². The minimum atomic E-state index is -0.290. The third kappa shape index (κ3) is 6.04. The van der Waals surface area contributed by atoms with Crippen molar-refractivity contribution in [2.75, 3.05) is 32.4 Å². The summed E-state index contributed by atoms with van der Waals surface area (Å²) in [5.74, 6) is 0.911. The van der Waals surface area contributed by atoms with Crippen molar-refractivity contribution in [1.82, 2.24) is 10.3 Å². The first-order valence-electron chi connectivity index (χ1n) is 10.3. The number of anilines is 2. The van der Waals surface area contributed by atoms with Gasteiger partial charge in [0, 0.05) is 24.4 Å². The first-order chi connectivity index (χ1) is 16.4. The second-order valence-corrected chi connectivity index (χ2v) is 7.12. The molecule has 4 N–H and O–H groups in total. The molecule has 0 spiro atoms. The molecule has 0 saturated heterocycles. The number of carbonyl (C=O) groups excluding carboxylic acids is 2. The van der Waals surface area contributed by atoms with E-state index in [9.17, 15) is 9.59 Å². The van der Waals surface area contributed by atoms with Crippen molar-refractivity contribution in [1.29, 1.82) is 0 Å². The summed E-state index contributed by atoms with van der Waals surface area (Å²) in [6.45, 7) is 0.303. The van der Waals surface area contributed by atoms with Crippen LogP contribution in [-0.2, 0) is 11.3 Å². The Bertz CT molecular complexity index is 1170. The van der Waals surface area contributed by atoms with E-state index in [1.807, 2.05) is 0 Å². The second kappa shape index (κ2) is 11.4. The quantitative estimate of drug-likeness (QED) is 0.417. The van der Waals surface area contributed by atoms with Gasteiger partial charge in [0.25, 0.3) is 5.91 Å². The minimum Gasteiger partial charge on any atom is -0.493 e. The Hall–Kier alpha value is -4.53. The van der Waals surface area contributed by atoms with Crippen molar-refractivity contribution in [2.24, 2.45) is 0 Å². The van der Waals surface area contributed by atoms with E-state index in [0.29, 0.717) is 40.7 Å². The lowest BCUT2D eigenvalue weighted by Crippen LogP contribution is -2.20. The van der Waals surface area contributed by atoms with Crippen LogP contribution < -0.4 is 30.6 Å². The molecule has 9 nitrogen and oxygen atoms in total. The van der Waals surface area contributed by atoms with Crippen LogP contribution >= 0.6 is 0 Å². The summed E-state index contributed by atoms with van der Waals surface area (Å²) in [5, 5.41) is 5.55. The summed E-state index contributed by atoms with van der Waals surface area (Å²) in [7, 11) is 4.58. The van der Waals surface area contributed by atoms with Crippen LogP contribution in [0.2, 0.25) is 0 Å². The Balaban J connectivity index is 1.57. The second-order valence-electron chi connectivity index (χ2n) is 7.12. The highest BCUT2D eigenvalue weighted by atomic mass is 16.5. The molecule has 3 rings (SSSR count). The fourth-order valence-corrected chi connectivity index (χ4v) is 3.11. The molecule has 2 aromatic carbocycles. The Kier molecular flexibility index (Phi) is 8.07. The number of hydrogen-bond donors (Lipinski definition) is 3. The van der Waals surface area contributed by atoms with E-state index in [0.717, 1.165) is 11.1 Å². The molecule has 0 bridgehead atoms. The van der Waals surface area contributed by atoms with Crippen LogP contribution in [0.5, 0.6) is 17.2 Å². The largest absolute Gasteiger partial charge is 0.493 e. The average molecular weight is 463 g/mol. The Morgan fingerprint density at radius 3 is 2.26 bits per heavy atom. The highest BCUT2D eigenvalue weighted by Gasteiger charge is 2.12. The Morgan fingerprint density at radius 1 is 1.00 bits per heavy atom. The van der Waals surface area contributed by atoms with E-state index in [1.54, 1.807) is 54.7 Å². The lowest BCUT2D eigenvalue weighted by Gasteiger charge is -2.12. The monoisotopic (exact) mass is 462 g/mol. The Labute approximate surface area is 197 Å². The summed E-state index contributed by atoms with van der Waals surface area (Å²) in [4.78, 5) is 28.6. The molecule has 2 amide bonds. The molecule has 0 aliphatic heterocycles. The van der Waals surface area contributed by atoms with Gasteiger partial charge in [-0.2, -0.15) is 0 Å². The van der Waals surface area contributed by atoms with Gasteiger partial charge in [0.05, 0.1) is 38.9 Å². The maximum absolute atomic E-state index is 12.4. The van der Waals surface area contributed by atoms with E-state index < -0.39 is 0 Å². The predicted molar refractivity (Wildman–Crippen MR) is 130 cm³/mol. The molecule has 9 heteroatoms. The summed E-state index contributed by atoms with van der Waals surface area (Å²) in [6.07, 6.45) is 6.09. The molecule has 176 valence electrons. The van der Waals surface area contributed by atoms with Crippen molar-refractivity contribution < 1.29 is 23.8 Å². The van der Waals surface area contributed by atoms with Gasteiger partial charge in [-0.25, -0.2) is 0 Å². The highest BCUT2D eigenvalue weighted by molar-refractivity contribution is 6.05. The number of rotatable bonds is 9. The zero-order chi connectivity index (χ0) is 24.5. The number of pyridine rings is 1. The molecule has 0 atom stereocenters. The standard InChI is InChI=1S/C25H26N4O5/c1-32-21-12-17(13-22(33-2)24(21)34-3)6-9-23(30)28-14-16-4-7-18(8-5-16)25(31)29-20-10-11-27-15-19(20)26/h4-13,15H,14,26H2,1-3H3,(H,28,30)(H,27,29,31)/b9-6+. The molecule has 1 aromatic heterocycles. The first kappa shape index (κ1) is 24.1. The summed E-state index contributed by atoms with van der Waals surface area (Å²) < 4.78 is 15.9. The van der Waals surface area contributed by atoms with Crippen LogP contribution in [0.15, 0.2) is 60.9 Å². The van der Waals surface area contributed by atoms with Crippen LogP contribution in [0.25, 0.3) is 6.08 Å². The van der Waals surface area contributed by atoms with Gasteiger partial charge < -0.3 is 30.6 Å². The topological polar surface area (TPSA) is 125 Å². The number of benzene rings is 2. The SMILES string of the molecule is COc1cc(/C=C/C(=O)NCc2ccc(C(=O)Nc3ccncc3N)cc2)cc(OC)c1OC. The number of methoxy groups -OCH3 is 3. The molecule has 0 aliphatic rings. The molecule has 34 heavy (non-hydrogen) atoms. The van der Waals surface area contributed by atoms with Gasteiger partial charge in [-0.05, 0) is 47.5 Å². The van der Waals surface area contributed by atoms with Crippen molar-refractivity contribution in [3.05, 3.63) is 77.6 Å². The third-order valence-electron chi connectivity index (χ3n) is 4.90. The molecule has 0 saturated carbocycles. The van der Waals surface area contributed by atoms with Crippen LogP contribution in [0, 0.1) is 0 Å². The zero-order valence-corrected chi connectivity index (χ0v) is 19.1. The minimum absolute atomic E-state index is 0.274. The van der Waals surface area contributed by atoms with Gasteiger partial charge in [-0.15, -0.1) is 0 Å². The smallest absolute Gasteiger partial charge is 0.255 e. The van der Waals surface area contributed by atoms with Gasteiger partial charge in [-0.3, -0.25) is 14.6 Å². The van der Waals surface area contributed by atoms with Crippen LogP contribution in [-0.4, -0.2) is 38.1 Å². The van der Waals surface area contributed by atoms with Gasteiger partial charge in [-0.1, -0.05) is 12.1 Å². The number of hydrogen-bond acceptors (Lipinski definition) is 7. The molecule has 3 aromatic rings. The summed E-state index contributed by atoms with van der Waals surface area (Å²) in [6, 6.07) is 12.0. The number of carbonyl (C=O) groups is 2. The number of nitrogens with one attached hydrogen (secondary N) is 2. The molecule has 0 fully saturated rings. The lowest BCUT2D eigenvalue weighted by molar-refractivity contribution is -0.116. The van der Waals surface area contributed by atoms with E-state index in [1.165, 1.54) is 33.6 Å². The van der Waals surface area contributed by atoms with Crippen molar-refractivity contribution in [3.8, 4) is 17.2 Å². The number of nitrogens with two attached hydrogens (primary N) is 1. The first-order valence-corrected chi connectivity index (χ1v) is 10.3. The van der Waals surface area contributed by atoms with E-state index >= 15 is 0 Å². The molecule has 0 radical (unpaired) electrons. The fourth-order valence-electron chi connectivity index (χ4n) is 3.11. The highest BCUT2D eigenvalue weighted by Crippen LogP contribution is 2.38. The van der Waals surface area contributed by atoms with Gasteiger partial charge in [0.15, 0.2) is 11.5 Å². The third-order valence-corrected chi connectivity index (χ3v) is 4.90. The number of nitrogen functional groups attached to an aromatic ring is 1. The zero-order valence-electron chi connectivity index (χ0n) is 19.1. The van der Waals surface area contributed by atoms with Crippen molar-refractivity contribution >= 4 is 29.3 Å². The van der Waals surface area contributed by atoms with E-state index in [2.05, 4.69) is 15.6 Å². The van der Waals surface area contributed by atoms with Crippen molar-refractivity contribution in [2.45, 2.75) is 6.54 Å². The fraction of sp³-hybridized carbons (Fsp3) is 0.160. The maximum atomic E-state index is 12.4. The normalized spacial score (nSPS) is 10.6. The molecule has 0 unspecified atom stereocenters. The average Bonchev–Trinajstić information content (AvgIpc) is 2.87. The molecular weight excluding hydrogens is 436 g/mol. The molecular formula is C25H26N4O5. The predicted octanol–water partition coefficient (Wildman–Crippen LogP) is 3.27. The van der Waals surface area contributed by atoms with Crippen LogP contribution in [0.4, 0.5) is 11.4 Å². The maximum Gasteiger partial charge on any atom is 0.255 e. The number of ether oxygens (including phenoxy) is 3. The summed E-state index contributed by atoms with van der Waals surface area (Å²) in [5.41, 5.74) is 8.71. The van der Waals surface area contributed by atoms with Gasteiger partial charge in [0.2, 0.25) is 11.7 Å². The van der Waals surface area contributed by atoms with E-state index in [4.69, 9.17) is 19.9 Å². The Morgan fingerprint density at radius 2 is 1.68 bits per heavy atom. The number of aromatic nitrogens is 1.